The van der Waals surface area contributed by atoms with Gasteiger partial charge in [-0.05, 0) is 39.8 Å². The molecule has 1 N–H and O–H groups in total. The van der Waals surface area contributed by atoms with Crippen LogP contribution in [0.4, 0.5) is 0 Å². The topological polar surface area (TPSA) is 39.1 Å². The van der Waals surface area contributed by atoms with Gasteiger partial charge in [0, 0.05) is 23.8 Å². The summed E-state index contributed by atoms with van der Waals surface area (Å²) in [5.74, 6) is 0.908. The van der Waals surface area contributed by atoms with Crippen LogP contribution in [0.5, 0.6) is 5.75 Å². The zero-order valence-corrected chi connectivity index (χ0v) is 13.6. The molecule has 1 aromatic heterocycles. The van der Waals surface area contributed by atoms with E-state index in [9.17, 15) is 0 Å². The lowest BCUT2D eigenvalue weighted by molar-refractivity contribution is 0.406. The van der Waals surface area contributed by atoms with Crippen LogP contribution in [0.15, 0.2) is 30.5 Å². The number of nitrogens with one attached hydrogen (secondary N) is 1. The quantitative estimate of drug-likeness (QED) is 0.918. The van der Waals surface area contributed by atoms with Gasteiger partial charge in [0.1, 0.15) is 5.75 Å². The second kappa shape index (κ2) is 6.31. The van der Waals surface area contributed by atoms with Crippen molar-refractivity contribution in [2.75, 3.05) is 7.11 Å². The van der Waals surface area contributed by atoms with Crippen molar-refractivity contribution < 1.29 is 4.74 Å². The van der Waals surface area contributed by atoms with Gasteiger partial charge in [0.25, 0.3) is 0 Å². The van der Waals surface area contributed by atoms with Crippen molar-refractivity contribution in [3.8, 4) is 5.75 Å². The zero-order chi connectivity index (χ0) is 15.5. The van der Waals surface area contributed by atoms with Crippen molar-refractivity contribution in [3.05, 3.63) is 47.3 Å². The van der Waals surface area contributed by atoms with Crippen LogP contribution in [-0.4, -0.2) is 22.4 Å². The molecule has 4 nitrogen and oxygen atoms in total. The Bertz CT molecular complexity index is 596. The normalized spacial score (nSPS) is 11.7. The number of benzene rings is 1. The average molecular weight is 287 g/mol. The van der Waals surface area contributed by atoms with Gasteiger partial charge in [-0.3, -0.25) is 4.68 Å². The Labute approximate surface area is 127 Å². The summed E-state index contributed by atoms with van der Waals surface area (Å²) in [6.07, 6.45) is 2.02. The molecule has 0 amide bonds. The second-order valence-corrected chi connectivity index (χ2v) is 6.42. The van der Waals surface area contributed by atoms with E-state index in [-0.39, 0.29) is 5.54 Å². The molecule has 0 aliphatic carbocycles. The molecule has 0 unspecified atom stereocenters. The number of hydrogen-bond donors (Lipinski definition) is 1. The summed E-state index contributed by atoms with van der Waals surface area (Å²) in [4.78, 5) is 0. The number of rotatable bonds is 5. The van der Waals surface area contributed by atoms with Gasteiger partial charge in [-0.15, -0.1) is 0 Å². The first-order valence-corrected chi connectivity index (χ1v) is 7.28. The third kappa shape index (κ3) is 4.60. The van der Waals surface area contributed by atoms with Gasteiger partial charge >= 0.3 is 0 Å². The molecule has 0 spiro atoms. The smallest absolute Gasteiger partial charge is 0.123 e. The number of aromatic nitrogens is 2. The predicted molar refractivity (Wildman–Crippen MR) is 85.7 cm³/mol. The van der Waals surface area contributed by atoms with Gasteiger partial charge in [-0.25, -0.2) is 0 Å². The summed E-state index contributed by atoms with van der Waals surface area (Å²) in [6.45, 7) is 10.1. The first-order valence-electron chi connectivity index (χ1n) is 7.28. The Hall–Kier alpha value is -1.81. The molecule has 0 bridgehead atoms. The van der Waals surface area contributed by atoms with E-state index in [1.165, 1.54) is 5.56 Å². The van der Waals surface area contributed by atoms with Crippen molar-refractivity contribution in [1.29, 1.82) is 0 Å². The van der Waals surface area contributed by atoms with Crippen LogP contribution in [-0.2, 0) is 13.1 Å². The summed E-state index contributed by atoms with van der Waals surface area (Å²) in [7, 11) is 1.70. The molecule has 0 atom stereocenters. The van der Waals surface area contributed by atoms with E-state index in [0.717, 1.165) is 30.1 Å². The first kappa shape index (κ1) is 15.6. The highest BCUT2D eigenvalue weighted by atomic mass is 16.5. The summed E-state index contributed by atoms with van der Waals surface area (Å²) in [5, 5.41) is 8.06. The lowest BCUT2D eigenvalue weighted by Crippen LogP contribution is -2.35. The largest absolute Gasteiger partial charge is 0.496 e. The van der Waals surface area contributed by atoms with E-state index < -0.39 is 0 Å². The van der Waals surface area contributed by atoms with Crippen molar-refractivity contribution in [2.45, 2.75) is 46.3 Å². The third-order valence-electron chi connectivity index (χ3n) is 3.26. The zero-order valence-electron chi connectivity index (χ0n) is 13.6. The van der Waals surface area contributed by atoms with Crippen LogP contribution in [0.3, 0.4) is 0 Å². The number of hydrogen-bond acceptors (Lipinski definition) is 3. The fourth-order valence-corrected chi connectivity index (χ4v) is 2.15. The van der Waals surface area contributed by atoms with Gasteiger partial charge in [0.05, 0.1) is 19.3 Å². The molecule has 0 fully saturated rings. The molecule has 2 rings (SSSR count). The molecule has 21 heavy (non-hydrogen) atoms. The highest BCUT2D eigenvalue weighted by molar-refractivity contribution is 5.36. The van der Waals surface area contributed by atoms with E-state index in [0.29, 0.717) is 0 Å². The van der Waals surface area contributed by atoms with Gasteiger partial charge in [-0.2, -0.15) is 5.10 Å². The van der Waals surface area contributed by atoms with Gasteiger partial charge < -0.3 is 10.1 Å². The van der Waals surface area contributed by atoms with Crippen molar-refractivity contribution in [1.82, 2.24) is 15.1 Å². The van der Waals surface area contributed by atoms with Crippen LogP contribution in [0.25, 0.3) is 0 Å². The Morgan fingerprint density at radius 2 is 2.00 bits per heavy atom. The molecule has 4 heteroatoms. The van der Waals surface area contributed by atoms with Crippen LogP contribution in [0.1, 0.15) is 37.6 Å². The fourth-order valence-electron chi connectivity index (χ4n) is 2.15. The minimum atomic E-state index is 0.101. The number of nitrogens with zero attached hydrogens (tertiary/aromatic N) is 2. The summed E-state index contributed by atoms with van der Waals surface area (Å²) >= 11 is 0. The fraction of sp³-hybridized carbons (Fsp3) is 0.471. The van der Waals surface area contributed by atoms with E-state index in [4.69, 9.17) is 4.74 Å². The predicted octanol–water partition coefficient (Wildman–Crippen LogP) is 3.14. The lowest BCUT2D eigenvalue weighted by Gasteiger charge is -2.19. The van der Waals surface area contributed by atoms with Crippen molar-refractivity contribution in [3.63, 3.8) is 0 Å². The van der Waals surface area contributed by atoms with Crippen LogP contribution in [0, 0.1) is 6.92 Å². The van der Waals surface area contributed by atoms with E-state index in [1.54, 1.807) is 7.11 Å². The molecule has 1 aromatic carbocycles. The van der Waals surface area contributed by atoms with E-state index >= 15 is 0 Å². The summed E-state index contributed by atoms with van der Waals surface area (Å²) in [6, 6.07) is 8.27. The molecule has 1 heterocycles. The van der Waals surface area contributed by atoms with Gasteiger partial charge in [-0.1, -0.05) is 17.7 Å². The van der Waals surface area contributed by atoms with Gasteiger partial charge in [0.2, 0.25) is 0 Å². The highest BCUT2D eigenvalue weighted by Crippen LogP contribution is 2.20. The average Bonchev–Trinajstić information content (AvgIpc) is 2.84. The van der Waals surface area contributed by atoms with Crippen LogP contribution < -0.4 is 10.1 Å². The molecular formula is C17H25N3O. The molecule has 0 radical (unpaired) electrons. The standard InChI is InChI=1S/C17H25N3O/c1-13-6-7-16(21-5)14(10-13)12-20-9-8-15(19-20)11-18-17(2,3)4/h6-10,18H,11-12H2,1-5H3. The monoisotopic (exact) mass is 287 g/mol. The number of methoxy groups -OCH3 is 1. The molecule has 0 aliphatic heterocycles. The maximum absolute atomic E-state index is 5.42. The van der Waals surface area contributed by atoms with Crippen molar-refractivity contribution in [2.24, 2.45) is 0 Å². The molecule has 0 saturated heterocycles. The molecule has 0 saturated carbocycles. The van der Waals surface area contributed by atoms with Crippen LogP contribution >= 0.6 is 0 Å². The SMILES string of the molecule is COc1ccc(C)cc1Cn1ccc(CNC(C)(C)C)n1. The maximum Gasteiger partial charge on any atom is 0.123 e. The third-order valence-corrected chi connectivity index (χ3v) is 3.26. The molecule has 114 valence electrons. The molecule has 0 aliphatic rings. The number of aryl methyl sites for hydroxylation is 1. The second-order valence-electron chi connectivity index (χ2n) is 6.42. The maximum atomic E-state index is 5.42. The lowest BCUT2D eigenvalue weighted by atomic mass is 10.1. The highest BCUT2D eigenvalue weighted by Gasteiger charge is 2.10. The molecular weight excluding hydrogens is 262 g/mol. The first-order chi connectivity index (χ1) is 9.87. The summed E-state index contributed by atoms with van der Waals surface area (Å²) in [5.41, 5.74) is 3.53. The minimum absolute atomic E-state index is 0.101. The number of ether oxygens (including phenoxy) is 1. The Kier molecular flexibility index (Phi) is 4.68. The Morgan fingerprint density at radius 1 is 1.24 bits per heavy atom. The van der Waals surface area contributed by atoms with Gasteiger partial charge in [0.15, 0.2) is 0 Å². The summed E-state index contributed by atoms with van der Waals surface area (Å²) < 4.78 is 7.37. The minimum Gasteiger partial charge on any atom is -0.496 e. The van der Waals surface area contributed by atoms with E-state index in [2.05, 4.69) is 56.3 Å². The van der Waals surface area contributed by atoms with Crippen molar-refractivity contribution >= 4 is 0 Å². The Morgan fingerprint density at radius 3 is 2.67 bits per heavy atom. The van der Waals surface area contributed by atoms with E-state index in [1.807, 2.05) is 16.9 Å². The van der Waals surface area contributed by atoms with Crippen LogP contribution in [0.2, 0.25) is 0 Å². The molecule has 2 aromatic rings. The Balaban J connectivity index is 2.07.